The van der Waals surface area contributed by atoms with Crippen molar-refractivity contribution in [2.24, 2.45) is 0 Å². The van der Waals surface area contributed by atoms with Crippen molar-refractivity contribution < 1.29 is 19.1 Å². The van der Waals surface area contributed by atoms with Crippen LogP contribution in [-0.2, 0) is 16.0 Å². The van der Waals surface area contributed by atoms with Crippen LogP contribution in [0.1, 0.15) is 41.6 Å². The minimum absolute atomic E-state index is 0.277. The van der Waals surface area contributed by atoms with E-state index in [9.17, 15) is 9.59 Å². The highest BCUT2D eigenvalue weighted by Crippen LogP contribution is 2.30. The van der Waals surface area contributed by atoms with E-state index in [2.05, 4.69) is 5.32 Å². The molecule has 140 valence electrons. The molecular weight excluding hydrogens is 374 g/mol. The van der Waals surface area contributed by atoms with Gasteiger partial charge in [0.05, 0.1) is 12.2 Å². The highest BCUT2D eigenvalue weighted by molar-refractivity contribution is 7.16. The number of halogens is 1. The van der Waals surface area contributed by atoms with E-state index in [0.717, 1.165) is 16.9 Å². The van der Waals surface area contributed by atoms with Crippen molar-refractivity contribution in [2.75, 3.05) is 11.9 Å². The molecule has 1 aromatic heterocycles. The topological polar surface area (TPSA) is 64.6 Å². The Balaban J connectivity index is 2.13. The summed E-state index contributed by atoms with van der Waals surface area (Å²) < 4.78 is 10.8. The van der Waals surface area contributed by atoms with E-state index in [1.807, 2.05) is 13.8 Å². The first-order valence-corrected chi connectivity index (χ1v) is 9.58. The number of amides is 1. The van der Waals surface area contributed by atoms with Gasteiger partial charge in [-0.3, -0.25) is 4.79 Å². The fourth-order valence-corrected chi connectivity index (χ4v) is 3.49. The third kappa shape index (κ3) is 4.99. The van der Waals surface area contributed by atoms with Gasteiger partial charge in [0, 0.05) is 9.90 Å². The fourth-order valence-electron chi connectivity index (χ4n) is 2.27. The normalized spacial score (nSPS) is 11.7. The molecule has 2 aromatic rings. The van der Waals surface area contributed by atoms with Gasteiger partial charge in [-0.05, 0) is 57.0 Å². The van der Waals surface area contributed by atoms with Crippen molar-refractivity contribution in [3.8, 4) is 5.75 Å². The number of carbonyl (C=O) groups excluding carboxylic acids is 2. The van der Waals surface area contributed by atoms with Gasteiger partial charge in [-0.1, -0.05) is 18.5 Å². The van der Waals surface area contributed by atoms with Gasteiger partial charge >= 0.3 is 5.97 Å². The van der Waals surface area contributed by atoms with Gasteiger partial charge < -0.3 is 14.8 Å². The number of aryl methyl sites for hydroxylation is 2. The number of carbonyl (C=O) groups is 2. The predicted molar refractivity (Wildman–Crippen MR) is 105 cm³/mol. The second kappa shape index (κ2) is 9.05. The molecule has 0 aliphatic carbocycles. The van der Waals surface area contributed by atoms with Gasteiger partial charge in [-0.2, -0.15) is 0 Å². The first-order valence-electron chi connectivity index (χ1n) is 8.39. The second-order valence-electron chi connectivity index (χ2n) is 5.69. The third-order valence-electron chi connectivity index (χ3n) is 3.67. The Morgan fingerprint density at radius 2 is 2.00 bits per heavy atom. The van der Waals surface area contributed by atoms with Crippen molar-refractivity contribution in [3.05, 3.63) is 45.3 Å². The number of benzene rings is 1. The monoisotopic (exact) mass is 395 g/mol. The molecule has 0 bridgehead atoms. The summed E-state index contributed by atoms with van der Waals surface area (Å²) in [5, 5.41) is 3.87. The van der Waals surface area contributed by atoms with Crippen LogP contribution in [-0.4, -0.2) is 24.6 Å². The molecule has 7 heteroatoms. The molecule has 1 atom stereocenters. The van der Waals surface area contributed by atoms with Gasteiger partial charge in [0.1, 0.15) is 10.8 Å². The average molecular weight is 396 g/mol. The predicted octanol–water partition coefficient (Wildman–Crippen LogP) is 4.86. The highest BCUT2D eigenvalue weighted by atomic mass is 35.5. The van der Waals surface area contributed by atoms with Crippen molar-refractivity contribution in [1.82, 2.24) is 0 Å². The number of hydrogen-bond donors (Lipinski definition) is 1. The Labute approximate surface area is 162 Å². The van der Waals surface area contributed by atoms with Crippen molar-refractivity contribution in [2.45, 2.75) is 40.2 Å². The highest BCUT2D eigenvalue weighted by Gasteiger charge is 2.22. The van der Waals surface area contributed by atoms with Crippen LogP contribution in [0.3, 0.4) is 0 Å². The number of hydrogen-bond acceptors (Lipinski definition) is 5. The summed E-state index contributed by atoms with van der Waals surface area (Å²) in [5.41, 5.74) is 1.21. The van der Waals surface area contributed by atoms with E-state index in [0.29, 0.717) is 21.3 Å². The van der Waals surface area contributed by atoms with E-state index in [-0.39, 0.29) is 12.5 Å². The number of esters is 1. The number of ether oxygens (including phenoxy) is 2. The van der Waals surface area contributed by atoms with Gasteiger partial charge in [0.25, 0.3) is 5.91 Å². The molecule has 0 aliphatic rings. The van der Waals surface area contributed by atoms with E-state index in [4.69, 9.17) is 21.1 Å². The smallest absolute Gasteiger partial charge is 0.341 e. The standard InChI is InChI=1S/C19H22ClNO4S/c1-5-14-10-15(19(23)24-6-2)18(26-14)21-17(22)12(4)25-16-8-7-13(20)9-11(16)3/h7-10,12H,5-6H2,1-4H3,(H,21,22). The Hall–Kier alpha value is -2.05. The summed E-state index contributed by atoms with van der Waals surface area (Å²) in [6.45, 7) is 7.52. The maximum Gasteiger partial charge on any atom is 0.341 e. The van der Waals surface area contributed by atoms with Crippen molar-refractivity contribution >= 4 is 39.8 Å². The lowest BCUT2D eigenvalue weighted by atomic mass is 10.2. The second-order valence-corrected chi connectivity index (χ2v) is 7.26. The molecule has 2 rings (SSSR count). The van der Waals surface area contributed by atoms with E-state index in [1.54, 1.807) is 38.1 Å². The summed E-state index contributed by atoms with van der Waals surface area (Å²) in [4.78, 5) is 25.6. The lowest BCUT2D eigenvalue weighted by Gasteiger charge is -2.16. The quantitative estimate of drug-likeness (QED) is 0.680. The molecule has 1 aromatic carbocycles. The fraction of sp³-hybridized carbons (Fsp3) is 0.368. The zero-order chi connectivity index (χ0) is 19.3. The minimum Gasteiger partial charge on any atom is -0.481 e. The molecule has 0 saturated heterocycles. The van der Waals surface area contributed by atoms with Crippen LogP contribution in [0.15, 0.2) is 24.3 Å². The molecule has 5 nitrogen and oxygen atoms in total. The molecule has 26 heavy (non-hydrogen) atoms. The molecule has 0 radical (unpaired) electrons. The molecule has 1 amide bonds. The van der Waals surface area contributed by atoms with Gasteiger partial charge in [-0.15, -0.1) is 11.3 Å². The van der Waals surface area contributed by atoms with Crippen LogP contribution in [0.4, 0.5) is 5.00 Å². The first kappa shape index (κ1) is 20.3. The van der Waals surface area contributed by atoms with Crippen LogP contribution < -0.4 is 10.1 Å². The lowest BCUT2D eigenvalue weighted by Crippen LogP contribution is -2.30. The molecule has 1 unspecified atom stereocenters. The largest absolute Gasteiger partial charge is 0.481 e. The number of rotatable bonds is 7. The summed E-state index contributed by atoms with van der Waals surface area (Å²) in [5.74, 6) is -0.196. The van der Waals surface area contributed by atoms with E-state index >= 15 is 0 Å². The Bertz CT molecular complexity index is 803. The number of thiophene rings is 1. The third-order valence-corrected chi connectivity index (χ3v) is 5.10. The molecule has 0 fully saturated rings. The van der Waals surface area contributed by atoms with E-state index in [1.165, 1.54) is 11.3 Å². The van der Waals surface area contributed by atoms with Crippen molar-refractivity contribution in [1.29, 1.82) is 0 Å². The van der Waals surface area contributed by atoms with Crippen LogP contribution in [0.2, 0.25) is 5.02 Å². The first-order chi connectivity index (χ1) is 12.3. The van der Waals surface area contributed by atoms with Crippen LogP contribution in [0.5, 0.6) is 5.75 Å². The van der Waals surface area contributed by atoms with E-state index < -0.39 is 12.1 Å². The summed E-state index contributed by atoms with van der Waals surface area (Å²) in [6, 6.07) is 6.96. The molecule has 0 aliphatic heterocycles. The Morgan fingerprint density at radius 3 is 2.62 bits per heavy atom. The Kier molecular flexibility index (Phi) is 7.06. The minimum atomic E-state index is -0.739. The molecule has 1 heterocycles. The number of nitrogens with one attached hydrogen (secondary N) is 1. The summed E-state index contributed by atoms with van der Waals surface area (Å²) in [6.07, 6.45) is 0.0280. The molecule has 0 spiro atoms. The maximum atomic E-state index is 12.5. The van der Waals surface area contributed by atoms with Gasteiger partial charge in [0.2, 0.25) is 0 Å². The number of anilines is 1. The molecule has 0 saturated carbocycles. The molecule has 1 N–H and O–H groups in total. The zero-order valence-corrected chi connectivity index (χ0v) is 16.8. The van der Waals surface area contributed by atoms with Crippen LogP contribution in [0, 0.1) is 6.92 Å². The maximum absolute atomic E-state index is 12.5. The van der Waals surface area contributed by atoms with Gasteiger partial charge in [-0.25, -0.2) is 4.79 Å². The average Bonchev–Trinajstić information content (AvgIpc) is 3.00. The summed E-state index contributed by atoms with van der Waals surface area (Å²) >= 11 is 7.30. The van der Waals surface area contributed by atoms with Crippen molar-refractivity contribution in [3.63, 3.8) is 0 Å². The van der Waals surface area contributed by atoms with Crippen LogP contribution in [0.25, 0.3) is 0 Å². The summed E-state index contributed by atoms with van der Waals surface area (Å²) in [7, 11) is 0. The Morgan fingerprint density at radius 1 is 1.27 bits per heavy atom. The SMILES string of the molecule is CCOC(=O)c1cc(CC)sc1NC(=O)C(C)Oc1ccc(Cl)cc1C. The zero-order valence-electron chi connectivity index (χ0n) is 15.2. The lowest BCUT2D eigenvalue weighted by molar-refractivity contribution is -0.122. The molecular formula is C19H22ClNO4S. The van der Waals surface area contributed by atoms with Crippen LogP contribution >= 0.6 is 22.9 Å². The van der Waals surface area contributed by atoms with Gasteiger partial charge in [0.15, 0.2) is 6.10 Å².